The molecule has 0 atom stereocenters. The Morgan fingerprint density at radius 3 is 1.93 bits per heavy atom. The normalized spacial score (nSPS) is 16.1. The fourth-order valence-electron chi connectivity index (χ4n) is 4.10. The number of hydrogen-bond acceptors (Lipinski definition) is 3. The molecule has 5 rings (SSSR count). The number of fused-ring (bicyclic) bond motifs is 2. The van der Waals surface area contributed by atoms with Gasteiger partial charge in [0, 0.05) is 13.1 Å². The molecule has 0 amide bonds. The highest BCUT2D eigenvalue weighted by Gasteiger charge is 2.30. The number of ether oxygens (including phenoxy) is 1. The summed E-state index contributed by atoms with van der Waals surface area (Å²) >= 11 is 0. The maximum atomic E-state index is 13.1. The minimum Gasteiger partial charge on any atom is -0.490 e. The average molecular weight is 418 g/mol. The van der Waals surface area contributed by atoms with Gasteiger partial charge in [-0.25, -0.2) is 8.42 Å². The first kappa shape index (κ1) is 19.1. The second-order valence-corrected chi connectivity index (χ2v) is 9.68. The Bertz CT molecular complexity index is 1310. The van der Waals surface area contributed by atoms with Gasteiger partial charge in [0.15, 0.2) is 0 Å². The summed E-state index contributed by atoms with van der Waals surface area (Å²) in [4.78, 5) is 0.357. The number of nitrogens with zero attached hydrogens (tertiary/aromatic N) is 1. The summed E-state index contributed by atoms with van der Waals surface area (Å²) in [5.41, 5.74) is 0. The quantitative estimate of drug-likeness (QED) is 0.457. The van der Waals surface area contributed by atoms with E-state index >= 15 is 0 Å². The molecule has 0 spiro atoms. The summed E-state index contributed by atoms with van der Waals surface area (Å²) in [5.74, 6) is 0.838. The molecule has 0 aromatic heterocycles. The lowest BCUT2D eigenvalue weighted by Crippen LogP contribution is -2.41. The van der Waals surface area contributed by atoms with Gasteiger partial charge in [0.05, 0.1) is 4.90 Å². The number of rotatable bonds is 4. The summed E-state index contributed by atoms with van der Waals surface area (Å²) in [6.45, 7) is 0.931. The largest absolute Gasteiger partial charge is 0.490 e. The van der Waals surface area contributed by atoms with E-state index in [1.807, 2.05) is 54.6 Å². The Morgan fingerprint density at radius 1 is 0.700 bits per heavy atom. The lowest BCUT2D eigenvalue weighted by molar-refractivity contribution is 0.135. The van der Waals surface area contributed by atoms with Crippen LogP contribution in [0.1, 0.15) is 12.8 Å². The fourth-order valence-corrected chi connectivity index (χ4v) is 5.61. The van der Waals surface area contributed by atoms with Crippen LogP contribution in [0.3, 0.4) is 0 Å². The lowest BCUT2D eigenvalue weighted by atomic mass is 10.1. The van der Waals surface area contributed by atoms with Crippen LogP contribution in [0.2, 0.25) is 0 Å². The van der Waals surface area contributed by atoms with Crippen molar-refractivity contribution in [1.82, 2.24) is 4.31 Å². The molecule has 0 N–H and O–H groups in total. The van der Waals surface area contributed by atoms with Gasteiger partial charge in [-0.05, 0) is 58.7 Å². The predicted octanol–water partition coefficient (Wildman–Crippen LogP) is 5.23. The van der Waals surface area contributed by atoms with Crippen molar-refractivity contribution in [2.24, 2.45) is 0 Å². The van der Waals surface area contributed by atoms with E-state index in [0.29, 0.717) is 30.8 Å². The van der Waals surface area contributed by atoms with E-state index in [4.69, 9.17) is 4.74 Å². The Kier molecular flexibility index (Phi) is 4.93. The van der Waals surface area contributed by atoms with E-state index in [1.54, 1.807) is 16.4 Å². The topological polar surface area (TPSA) is 46.6 Å². The molecular weight excluding hydrogens is 394 g/mol. The van der Waals surface area contributed by atoms with E-state index in [-0.39, 0.29) is 6.10 Å². The number of hydrogen-bond donors (Lipinski definition) is 0. The second-order valence-electron chi connectivity index (χ2n) is 7.74. The Hall–Kier alpha value is -2.89. The highest BCUT2D eigenvalue weighted by atomic mass is 32.2. The summed E-state index contributed by atoms with van der Waals surface area (Å²) < 4.78 is 34.0. The van der Waals surface area contributed by atoms with Gasteiger partial charge < -0.3 is 4.74 Å². The summed E-state index contributed by atoms with van der Waals surface area (Å²) in [6.07, 6.45) is 1.38. The van der Waals surface area contributed by atoms with Gasteiger partial charge in [0.2, 0.25) is 10.0 Å². The first-order valence-corrected chi connectivity index (χ1v) is 11.7. The van der Waals surface area contributed by atoms with Crippen LogP contribution in [-0.4, -0.2) is 31.9 Å². The van der Waals surface area contributed by atoms with Crippen molar-refractivity contribution in [1.29, 1.82) is 0 Å². The van der Waals surface area contributed by atoms with Crippen LogP contribution in [0.4, 0.5) is 0 Å². The van der Waals surface area contributed by atoms with E-state index < -0.39 is 10.0 Å². The lowest BCUT2D eigenvalue weighted by Gasteiger charge is -2.31. The van der Waals surface area contributed by atoms with Gasteiger partial charge in [-0.3, -0.25) is 0 Å². The van der Waals surface area contributed by atoms with Crippen LogP contribution in [-0.2, 0) is 10.0 Å². The van der Waals surface area contributed by atoms with Gasteiger partial charge >= 0.3 is 0 Å². The Balaban J connectivity index is 1.28. The molecule has 30 heavy (non-hydrogen) atoms. The van der Waals surface area contributed by atoms with Crippen LogP contribution in [0.15, 0.2) is 89.8 Å². The minimum atomic E-state index is -3.50. The summed E-state index contributed by atoms with van der Waals surface area (Å²) in [7, 11) is -3.50. The summed E-state index contributed by atoms with van der Waals surface area (Å²) in [5, 5.41) is 4.31. The zero-order chi connectivity index (χ0) is 20.6. The number of sulfonamides is 1. The molecule has 5 heteroatoms. The molecule has 4 aromatic carbocycles. The zero-order valence-electron chi connectivity index (χ0n) is 16.6. The van der Waals surface area contributed by atoms with Crippen molar-refractivity contribution in [3.05, 3.63) is 84.9 Å². The van der Waals surface area contributed by atoms with Gasteiger partial charge in [0.1, 0.15) is 11.9 Å². The third-order valence-electron chi connectivity index (χ3n) is 5.78. The average Bonchev–Trinajstić information content (AvgIpc) is 2.79. The molecule has 1 fully saturated rings. The molecule has 1 saturated heterocycles. The molecule has 1 aliphatic heterocycles. The van der Waals surface area contributed by atoms with E-state index in [9.17, 15) is 8.42 Å². The molecule has 0 saturated carbocycles. The molecule has 0 unspecified atom stereocenters. The van der Waals surface area contributed by atoms with Gasteiger partial charge in [-0.15, -0.1) is 0 Å². The first-order chi connectivity index (χ1) is 14.6. The van der Waals surface area contributed by atoms with Crippen molar-refractivity contribution in [2.45, 2.75) is 23.8 Å². The van der Waals surface area contributed by atoms with Crippen molar-refractivity contribution >= 4 is 31.6 Å². The van der Waals surface area contributed by atoms with E-state index in [2.05, 4.69) is 18.2 Å². The molecule has 1 heterocycles. The third-order valence-corrected chi connectivity index (χ3v) is 7.68. The maximum absolute atomic E-state index is 13.1. The summed E-state index contributed by atoms with van der Waals surface area (Å²) in [6, 6.07) is 27.4. The van der Waals surface area contributed by atoms with Gasteiger partial charge in [-0.1, -0.05) is 60.7 Å². The van der Waals surface area contributed by atoms with Crippen LogP contribution < -0.4 is 4.74 Å². The van der Waals surface area contributed by atoms with Crippen LogP contribution >= 0.6 is 0 Å². The number of piperidine rings is 1. The second kappa shape index (κ2) is 7.74. The molecule has 0 bridgehead atoms. The standard InChI is InChI=1S/C25H23NO3S/c27-30(28,25-12-10-20-6-2-4-8-22(20)18-25)26-15-13-23(14-16-26)29-24-11-9-19-5-1-3-7-21(19)17-24/h1-12,17-18,23H,13-16H2. The zero-order valence-corrected chi connectivity index (χ0v) is 17.4. The van der Waals surface area contributed by atoms with Crippen molar-refractivity contribution in [2.75, 3.05) is 13.1 Å². The smallest absolute Gasteiger partial charge is 0.243 e. The van der Waals surface area contributed by atoms with E-state index in [0.717, 1.165) is 21.9 Å². The third kappa shape index (κ3) is 3.66. The molecule has 4 aromatic rings. The highest BCUT2D eigenvalue weighted by Crippen LogP contribution is 2.27. The van der Waals surface area contributed by atoms with E-state index in [1.165, 1.54) is 5.39 Å². The molecule has 0 radical (unpaired) electrons. The molecular formula is C25H23NO3S. The van der Waals surface area contributed by atoms with Crippen LogP contribution in [0.5, 0.6) is 5.75 Å². The SMILES string of the molecule is O=S(=O)(c1ccc2ccccc2c1)N1CCC(Oc2ccc3ccccc3c2)CC1. The van der Waals surface area contributed by atoms with Crippen LogP contribution in [0, 0.1) is 0 Å². The molecule has 152 valence electrons. The first-order valence-electron chi connectivity index (χ1n) is 10.2. The minimum absolute atomic E-state index is 0.0224. The molecule has 4 nitrogen and oxygen atoms in total. The molecule has 1 aliphatic rings. The number of benzene rings is 4. The van der Waals surface area contributed by atoms with Crippen molar-refractivity contribution < 1.29 is 13.2 Å². The predicted molar refractivity (Wildman–Crippen MR) is 120 cm³/mol. The van der Waals surface area contributed by atoms with Crippen LogP contribution in [0.25, 0.3) is 21.5 Å². The molecule has 0 aliphatic carbocycles. The highest BCUT2D eigenvalue weighted by molar-refractivity contribution is 7.89. The Morgan fingerprint density at radius 2 is 1.27 bits per heavy atom. The fraction of sp³-hybridized carbons (Fsp3) is 0.200. The van der Waals surface area contributed by atoms with Crippen molar-refractivity contribution in [3.63, 3.8) is 0 Å². The monoisotopic (exact) mass is 417 g/mol. The van der Waals surface area contributed by atoms with Gasteiger partial charge in [-0.2, -0.15) is 4.31 Å². The van der Waals surface area contributed by atoms with Crippen molar-refractivity contribution in [3.8, 4) is 5.75 Å². The van der Waals surface area contributed by atoms with Gasteiger partial charge in [0.25, 0.3) is 0 Å². The maximum Gasteiger partial charge on any atom is 0.243 e. The Labute approximate surface area is 176 Å².